The van der Waals surface area contributed by atoms with Crippen LogP contribution in [-0.4, -0.2) is 27.2 Å². The van der Waals surface area contributed by atoms with Crippen LogP contribution in [0.15, 0.2) is 30.6 Å². The number of halogens is 1. The van der Waals surface area contributed by atoms with Crippen LogP contribution in [0.4, 0.5) is 0 Å². The number of fused-ring (bicyclic) bond motifs is 1. The molecule has 1 aliphatic rings. The molecule has 2 unspecified atom stereocenters. The number of aromatic nitrogens is 2. The summed E-state index contributed by atoms with van der Waals surface area (Å²) in [5, 5.41) is 3.03. The Morgan fingerprint density at radius 1 is 1.30 bits per heavy atom. The Morgan fingerprint density at radius 3 is 2.95 bits per heavy atom. The Hall–Kier alpha value is -1.49. The third-order valence-corrected chi connectivity index (χ3v) is 4.60. The summed E-state index contributed by atoms with van der Waals surface area (Å²) in [5.74, 6) is 0.513. The number of nitrogens with zero attached hydrogens (tertiary/aromatic N) is 2. The van der Waals surface area contributed by atoms with Gasteiger partial charge in [-0.25, -0.2) is 0 Å². The van der Waals surface area contributed by atoms with Gasteiger partial charge in [0.15, 0.2) is 0 Å². The van der Waals surface area contributed by atoms with Crippen LogP contribution in [0.5, 0.6) is 0 Å². The number of hydrogen-bond donors (Lipinski definition) is 1. The van der Waals surface area contributed by atoms with Gasteiger partial charge < -0.3 is 5.32 Å². The fourth-order valence-electron chi connectivity index (χ4n) is 2.71. The third-order valence-electron chi connectivity index (χ3n) is 3.77. The molecule has 1 saturated carbocycles. The molecule has 1 aliphatic carbocycles. The molecule has 1 fully saturated rings. The highest BCUT2D eigenvalue weighted by Crippen LogP contribution is 2.30. The first-order chi connectivity index (χ1) is 9.74. The Morgan fingerprint density at radius 2 is 2.15 bits per heavy atom. The second-order valence-electron chi connectivity index (χ2n) is 5.22. The van der Waals surface area contributed by atoms with E-state index in [4.69, 9.17) is 0 Å². The van der Waals surface area contributed by atoms with E-state index in [1.807, 2.05) is 12.1 Å². The number of carbonyl (C=O) groups excluding carboxylic acids is 1. The van der Waals surface area contributed by atoms with Crippen LogP contribution in [0.25, 0.3) is 11.0 Å². The maximum Gasteiger partial charge on any atom is 0.253 e. The Bertz CT molecular complexity index is 626. The number of carbonyl (C=O) groups is 1. The predicted octanol–water partition coefficient (Wildman–Crippen LogP) is 2.92. The van der Waals surface area contributed by atoms with Gasteiger partial charge in [0.2, 0.25) is 0 Å². The van der Waals surface area contributed by atoms with E-state index in [2.05, 4.69) is 31.2 Å². The fourth-order valence-corrected chi connectivity index (χ4v) is 3.50. The van der Waals surface area contributed by atoms with E-state index in [1.54, 1.807) is 18.5 Å². The lowest BCUT2D eigenvalue weighted by Crippen LogP contribution is -2.28. The van der Waals surface area contributed by atoms with Crippen LogP contribution in [0, 0.1) is 5.92 Å². The van der Waals surface area contributed by atoms with Crippen molar-refractivity contribution < 1.29 is 4.79 Å². The molecular weight excluding hydrogens is 318 g/mol. The van der Waals surface area contributed by atoms with Gasteiger partial charge in [-0.2, -0.15) is 0 Å². The highest BCUT2D eigenvalue weighted by Gasteiger charge is 2.23. The SMILES string of the molecule is O=C(NCC1CCC(Br)C1)c1cccc2nccnc12. The number of amides is 1. The summed E-state index contributed by atoms with van der Waals surface area (Å²) in [6, 6.07) is 5.51. The molecule has 0 radical (unpaired) electrons. The van der Waals surface area contributed by atoms with Gasteiger partial charge in [0, 0.05) is 23.8 Å². The normalized spacial score (nSPS) is 22.1. The molecule has 0 saturated heterocycles. The minimum atomic E-state index is -0.0610. The van der Waals surface area contributed by atoms with Crippen LogP contribution in [0.3, 0.4) is 0 Å². The van der Waals surface area contributed by atoms with E-state index in [-0.39, 0.29) is 5.91 Å². The maximum absolute atomic E-state index is 12.3. The molecule has 1 N–H and O–H groups in total. The van der Waals surface area contributed by atoms with Gasteiger partial charge in [0.1, 0.15) is 5.52 Å². The van der Waals surface area contributed by atoms with Crippen molar-refractivity contribution in [2.45, 2.75) is 24.1 Å². The zero-order chi connectivity index (χ0) is 13.9. The van der Waals surface area contributed by atoms with E-state index in [0.717, 1.165) is 18.5 Å². The summed E-state index contributed by atoms with van der Waals surface area (Å²) >= 11 is 3.63. The lowest BCUT2D eigenvalue weighted by atomic mass is 10.1. The molecule has 1 amide bonds. The van der Waals surface area contributed by atoms with Crippen molar-refractivity contribution in [2.24, 2.45) is 5.92 Å². The van der Waals surface area contributed by atoms with Gasteiger partial charge in [-0.1, -0.05) is 22.0 Å². The van der Waals surface area contributed by atoms with Crippen molar-refractivity contribution in [1.82, 2.24) is 15.3 Å². The molecule has 2 aromatic rings. The second-order valence-corrected chi connectivity index (χ2v) is 6.51. The average Bonchev–Trinajstić information content (AvgIpc) is 2.90. The fraction of sp³-hybridized carbons (Fsp3) is 0.400. The molecule has 1 aromatic carbocycles. The smallest absolute Gasteiger partial charge is 0.253 e. The molecule has 5 heteroatoms. The van der Waals surface area contributed by atoms with Crippen LogP contribution < -0.4 is 5.32 Å². The number of benzene rings is 1. The Labute approximate surface area is 126 Å². The van der Waals surface area contributed by atoms with E-state index in [0.29, 0.717) is 21.8 Å². The average molecular weight is 334 g/mol. The van der Waals surface area contributed by atoms with Gasteiger partial charge in [0.25, 0.3) is 5.91 Å². The second kappa shape index (κ2) is 5.87. The molecule has 4 nitrogen and oxygen atoms in total. The lowest BCUT2D eigenvalue weighted by Gasteiger charge is -2.11. The summed E-state index contributed by atoms with van der Waals surface area (Å²) in [5.41, 5.74) is 2.02. The topological polar surface area (TPSA) is 54.9 Å². The summed E-state index contributed by atoms with van der Waals surface area (Å²) in [4.78, 5) is 21.4. The highest BCUT2D eigenvalue weighted by molar-refractivity contribution is 9.09. The zero-order valence-electron chi connectivity index (χ0n) is 11.1. The van der Waals surface area contributed by atoms with E-state index in [9.17, 15) is 4.79 Å². The van der Waals surface area contributed by atoms with E-state index < -0.39 is 0 Å². The summed E-state index contributed by atoms with van der Waals surface area (Å²) in [6.45, 7) is 0.734. The van der Waals surface area contributed by atoms with Crippen molar-refractivity contribution >= 4 is 32.9 Å². The Kier molecular flexibility index (Phi) is 3.96. The minimum Gasteiger partial charge on any atom is -0.352 e. The highest BCUT2D eigenvalue weighted by atomic mass is 79.9. The molecule has 20 heavy (non-hydrogen) atoms. The molecular formula is C15H16BrN3O. The van der Waals surface area contributed by atoms with Crippen LogP contribution in [0.2, 0.25) is 0 Å². The summed E-state index contributed by atoms with van der Waals surface area (Å²) < 4.78 is 0. The molecule has 1 aromatic heterocycles. The monoisotopic (exact) mass is 333 g/mol. The molecule has 0 aliphatic heterocycles. The first-order valence-electron chi connectivity index (χ1n) is 6.86. The van der Waals surface area contributed by atoms with Crippen LogP contribution >= 0.6 is 15.9 Å². The van der Waals surface area contributed by atoms with Gasteiger partial charge in [-0.3, -0.25) is 14.8 Å². The van der Waals surface area contributed by atoms with Crippen molar-refractivity contribution in [2.75, 3.05) is 6.54 Å². The zero-order valence-corrected chi connectivity index (χ0v) is 12.6. The van der Waals surface area contributed by atoms with Gasteiger partial charge in [-0.15, -0.1) is 0 Å². The minimum absolute atomic E-state index is 0.0610. The van der Waals surface area contributed by atoms with E-state index >= 15 is 0 Å². The first-order valence-corrected chi connectivity index (χ1v) is 7.77. The largest absolute Gasteiger partial charge is 0.352 e. The summed E-state index contributed by atoms with van der Waals surface area (Å²) in [7, 11) is 0. The predicted molar refractivity (Wildman–Crippen MR) is 81.9 cm³/mol. The van der Waals surface area contributed by atoms with E-state index in [1.165, 1.54) is 12.8 Å². The number of nitrogens with one attached hydrogen (secondary N) is 1. The number of rotatable bonds is 3. The quantitative estimate of drug-likeness (QED) is 0.878. The third kappa shape index (κ3) is 2.82. The van der Waals surface area contributed by atoms with Crippen LogP contribution in [-0.2, 0) is 0 Å². The van der Waals surface area contributed by atoms with Crippen LogP contribution in [0.1, 0.15) is 29.6 Å². The van der Waals surface area contributed by atoms with Gasteiger partial charge in [0.05, 0.1) is 11.1 Å². The molecule has 0 bridgehead atoms. The molecule has 104 valence electrons. The first kappa shape index (κ1) is 13.5. The van der Waals surface area contributed by atoms with Gasteiger partial charge in [-0.05, 0) is 37.3 Å². The molecule has 3 rings (SSSR count). The van der Waals surface area contributed by atoms with Crippen molar-refractivity contribution in [1.29, 1.82) is 0 Å². The number of para-hydroxylation sites is 1. The number of hydrogen-bond acceptors (Lipinski definition) is 3. The summed E-state index contributed by atoms with van der Waals surface area (Å²) in [6.07, 6.45) is 6.76. The lowest BCUT2D eigenvalue weighted by molar-refractivity contribution is 0.0949. The van der Waals surface area contributed by atoms with Crippen molar-refractivity contribution in [3.63, 3.8) is 0 Å². The number of alkyl halides is 1. The molecule has 0 spiro atoms. The Balaban J connectivity index is 1.72. The molecule has 2 atom stereocenters. The van der Waals surface area contributed by atoms with Crippen molar-refractivity contribution in [3.8, 4) is 0 Å². The maximum atomic E-state index is 12.3. The van der Waals surface area contributed by atoms with Gasteiger partial charge >= 0.3 is 0 Å². The van der Waals surface area contributed by atoms with Crippen molar-refractivity contribution in [3.05, 3.63) is 36.2 Å². The standard InChI is InChI=1S/C15H16BrN3O/c16-11-5-4-10(8-11)9-19-15(20)12-2-1-3-13-14(12)18-7-6-17-13/h1-3,6-7,10-11H,4-5,8-9H2,(H,19,20). The molecule has 1 heterocycles.